The summed E-state index contributed by atoms with van der Waals surface area (Å²) in [5.74, 6) is 0.544. The van der Waals surface area contributed by atoms with Crippen molar-refractivity contribution in [2.75, 3.05) is 19.5 Å². The fourth-order valence-electron chi connectivity index (χ4n) is 2.24. The number of benzene rings is 2. The second-order valence-corrected chi connectivity index (χ2v) is 5.56. The summed E-state index contributed by atoms with van der Waals surface area (Å²) in [6, 6.07) is 14.9. The van der Waals surface area contributed by atoms with Crippen LogP contribution in [0.3, 0.4) is 0 Å². The second-order valence-electron chi connectivity index (χ2n) is 5.56. The van der Waals surface area contributed by atoms with Crippen LogP contribution in [0.25, 0.3) is 0 Å². The highest BCUT2D eigenvalue weighted by molar-refractivity contribution is 6.06. The molecule has 0 aliphatic rings. The minimum absolute atomic E-state index is 0.0214. The van der Waals surface area contributed by atoms with Crippen LogP contribution in [-0.2, 0) is 11.3 Å². The highest BCUT2D eigenvalue weighted by atomic mass is 16.5. The number of methoxy groups -OCH3 is 2. The topological polar surface area (TPSA) is 83.4 Å². The molecule has 6 nitrogen and oxygen atoms in total. The summed E-state index contributed by atoms with van der Waals surface area (Å²) in [5, 5.41) is 14.9. The van der Waals surface area contributed by atoms with Crippen LogP contribution in [0.5, 0.6) is 11.5 Å². The summed E-state index contributed by atoms with van der Waals surface area (Å²) in [4.78, 5) is 12.3. The number of carbonyl (C=O) groups is 1. The van der Waals surface area contributed by atoms with Crippen LogP contribution in [0.4, 0.5) is 5.69 Å². The van der Waals surface area contributed by atoms with Crippen LogP contribution in [-0.4, -0.2) is 20.1 Å². The summed E-state index contributed by atoms with van der Waals surface area (Å²) in [5.41, 5.74) is 2.72. The predicted molar refractivity (Wildman–Crippen MR) is 99.9 cm³/mol. The molecule has 2 aromatic rings. The van der Waals surface area contributed by atoms with Crippen LogP contribution < -0.4 is 20.1 Å². The van der Waals surface area contributed by atoms with Crippen LogP contribution in [0.1, 0.15) is 11.1 Å². The average molecular weight is 351 g/mol. The Kier molecular flexibility index (Phi) is 6.63. The quantitative estimate of drug-likeness (QED) is 0.591. The van der Waals surface area contributed by atoms with E-state index in [1.54, 1.807) is 18.2 Å². The maximum Gasteiger partial charge on any atom is 0.267 e. The molecular weight excluding hydrogens is 330 g/mol. The van der Waals surface area contributed by atoms with Crippen LogP contribution >= 0.6 is 0 Å². The Hall–Kier alpha value is -3.46. The van der Waals surface area contributed by atoms with Gasteiger partial charge in [-0.3, -0.25) is 4.79 Å². The van der Waals surface area contributed by atoms with Crippen LogP contribution in [0.2, 0.25) is 0 Å². The fourth-order valence-corrected chi connectivity index (χ4v) is 2.24. The van der Waals surface area contributed by atoms with Gasteiger partial charge in [0.05, 0.1) is 14.2 Å². The third-order valence-corrected chi connectivity index (χ3v) is 3.68. The summed E-state index contributed by atoms with van der Waals surface area (Å²) in [7, 11) is 3.05. The Labute approximate surface area is 153 Å². The summed E-state index contributed by atoms with van der Waals surface area (Å²) in [6.45, 7) is 2.54. The molecule has 2 rings (SSSR count). The molecule has 1 amide bonds. The van der Waals surface area contributed by atoms with Crippen molar-refractivity contribution in [1.82, 2.24) is 5.32 Å². The van der Waals surface area contributed by atoms with Gasteiger partial charge in [-0.05, 0) is 24.6 Å². The van der Waals surface area contributed by atoms with Gasteiger partial charge < -0.3 is 20.1 Å². The number of nitrogens with zero attached hydrogens (tertiary/aromatic N) is 1. The third kappa shape index (κ3) is 5.02. The number of amides is 1. The van der Waals surface area contributed by atoms with Crippen molar-refractivity contribution in [3.05, 3.63) is 65.4 Å². The van der Waals surface area contributed by atoms with Crippen molar-refractivity contribution < 1.29 is 14.3 Å². The Bertz CT molecular complexity index is 836. The molecule has 26 heavy (non-hydrogen) atoms. The molecule has 0 aromatic heterocycles. The molecule has 0 unspecified atom stereocenters. The molecule has 0 heterocycles. The zero-order valence-electron chi connectivity index (χ0n) is 15.0. The lowest BCUT2D eigenvalue weighted by Crippen LogP contribution is -2.16. The first kappa shape index (κ1) is 18.9. The maximum atomic E-state index is 12.3. The second kappa shape index (κ2) is 9.14. The normalized spacial score (nSPS) is 10.6. The van der Waals surface area contributed by atoms with Gasteiger partial charge in [0.2, 0.25) is 0 Å². The molecule has 2 aromatic carbocycles. The molecule has 2 N–H and O–H groups in total. The van der Waals surface area contributed by atoms with Gasteiger partial charge >= 0.3 is 0 Å². The lowest BCUT2D eigenvalue weighted by atomic mass is 10.1. The Balaban J connectivity index is 2.01. The van der Waals surface area contributed by atoms with E-state index in [4.69, 9.17) is 9.47 Å². The zero-order valence-corrected chi connectivity index (χ0v) is 15.0. The lowest BCUT2D eigenvalue weighted by Gasteiger charge is -2.10. The van der Waals surface area contributed by atoms with E-state index in [0.717, 1.165) is 5.56 Å². The van der Waals surface area contributed by atoms with E-state index in [1.807, 2.05) is 37.3 Å². The highest BCUT2D eigenvalue weighted by Gasteiger charge is 2.11. The molecule has 0 atom stereocenters. The van der Waals surface area contributed by atoms with Gasteiger partial charge in [-0.15, -0.1) is 0 Å². The van der Waals surface area contributed by atoms with E-state index >= 15 is 0 Å². The number of hydrogen-bond acceptors (Lipinski definition) is 5. The van der Waals surface area contributed by atoms with Crippen molar-refractivity contribution in [2.45, 2.75) is 13.5 Å². The van der Waals surface area contributed by atoms with E-state index in [0.29, 0.717) is 23.7 Å². The van der Waals surface area contributed by atoms with Crippen molar-refractivity contribution in [1.29, 1.82) is 5.26 Å². The van der Waals surface area contributed by atoms with Crippen LogP contribution in [0.15, 0.2) is 54.2 Å². The Morgan fingerprint density at radius 3 is 2.42 bits per heavy atom. The minimum Gasteiger partial charge on any atom is -0.493 e. The molecule has 0 fully saturated rings. The van der Waals surface area contributed by atoms with Crippen molar-refractivity contribution in [3.63, 3.8) is 0 Å². The molecule has 0 radical (unpaired) electrons. The molecule has 0 aliphatic heterocycles. The smallest absolute Gasteiger partial charge is 0.267 e. The van der Waals surface area contributed by atoms with Gasteiger partial charge in [0.1, 0.15) is 11.6 Å². The van der Waals surface area contributed by atoms with E-state index in [9.17, 15) is 10.1 Å². The van der Waals surface area contributed by atoms with Gasteiger partial charge in [0.25, 0.3) is 5.91 Å². The number of hydrogen-bond donors (Lipinski definition) is 2. The number of nitriles is 1. The number of ether oxygens (including phenoxy) is 2. The molecule has 0 aliphatic carbocycles. The van der Waals surface area contributed by atoms with E-state index in [1.165, 1.54) is 26.0 Å². The molecule has 0 spiro atoms. The molecule has 0 saturated heterocycles. The number of carbonyl (C=O) groups excluding carboxylic acids is 1. The number of nitrogens with one attached hydrogen (secondary N) is 2. The van der Waals surface area contributed by atoms with Crippen molar-refractivity contribution >= 4 is 11.6 Å². The summed E-state index contributed by atoms with van der Waals surface area (Å²) in [6.07, 6.45) is 1.41. The van der Waals surface area contributed by atoms with Crippen molar-refractivity contribution in [2.24, 2.45) is 0 Å². The van der Waals surface area contributed by atoms with Gasteiger partial charge in [0.15, 0.2) is 11.5 Å². The zero-order chi connectivity index (χ0) is 18.9. The maximum absolute atomic E-state index is 12.3. The lowest BCUT2D eigenvalue weighted by molar-refractivity contribution is -0.112. The molecule has 134 valence electrons. The predicted octanol–water partition coefficient (Wildman–Crippen LogP) is 3.15. The van der Waals surface area contributed by atoms with E-state index in [2.05, 4.69) is 10.6 Å². The molecular formula is C20H21N3O3. The number of anilines is 1. The molecule has 0 saturated carbocycles. The third-order valence-electron chi connectivity index (χ3n) is 3.68. The Morgan fingerprint density at radius 1 is 1.12 bits per heavy atom. The highest BCUT2D eigenvalue weighted by Crippen LogP contribution is 2.29. The van der Waals surface area contributed by atoms with Gasteiger partial charge in [-0.1, -0.05) is 29.8 Å². The minimum atomic E-state index is -0.504. The molecule has 0 bridgehead atoms. The Morgan fingerprint density at radius 2 is 1.81 bits per heavy atom. The van der Waals surface area contributed by atoms with Gasteiger partial charge in [0, 0.05) is 24.5 Å². The van der Waals surface area contributed by atoms with Crippen molar-refractivity contribution in [3.8, 4) is 17.6 Å². The van der Waals surface area contributed by atoms with Crippen LogP contribution in [0, 0.1) is 18.3 Å². The largest absolute Gasteiger partial charge is 0.493 e. The van der Waals surface area contributed by atoms with Gasteiger partial charge in [-0.25, -0.2) is 0 Å². The fraction of sp³-hybridized carbons (Fsp3) is 0.200. The van der Waals surface area contributed by atoms with E-state index < -0.39 is 5.91 Å². The first-order valence-electron chi connectivity index (χ1n) is 8.00. The average Bonchev–Trinajstić information content (AvgIpc) is 2.66. The summed E-state index contributed by atoms with van der Waals surface area (Å²) >= 11 is 0. The monoisotopic (exact) mass is 351 g/mol. The summed E-state index contributed by atoms with van der Waals surface area (Å²) < 4.78 is 10.4. The number of aryl methyl sites for hydroxylation is 1. The van der Waals surface area contributed by atoms with E-state index in [-0.39, 0.29) is 5.57 Å². The molecule has 6 heteroatoms. The standard InChI is InChI=1S/C20H21N3O3/c1-14-4-6-15(7-5-14)12-22-13-16(11-21)20(24)23-17-8-9-18(25-2)19(10-17)26-3/h4-10,13,22H,12H2,1-3H3,(H,23,24)/b16-13-. The first-order chi connectivity index (χ1) is 12.6. The first-order valence-corrected chi connectivity index (χ1v) is 8.00. The SMILES string of the molecule is COc1ccc(NC(=O)/C(C#N)=C\NCc2ccc(C)cc2)cc1OC. The van der Waals surface area contributed by atoms with Gasteiger partial charge in [-0.2, -0.15) is 5.26 Å². The number of rotatable bonds is 7.